The van der Waals surface area contributed by atoms with E-state index < -0.39 is 10.2 Å². The van der Waals surface area contributed by atoms with Crippen LogP contribution in [0.15, 0.2) is 42.5 Å². The fraction of sp³-hybridized carbons (Fsp3) is 0.476. The molecule has 0 aromatic heterocycles. The van der Waals surface area contributed by atoms with Gasteiger partial charge >= 0.3 is 6.03 Å². The number of hydrogen-bond donors (Lipinski definition) is 1. The van der Waals surface area contributed by atoms with E-state index in [0.717, 1.165) is 16.5 Å². The van der Waals surface area contributed by atoms with E-state index in [2.05, 4.69) is 5.32 Å². The Morgan fingerprint density at radius 2 is 1.57 bits per heavy atom. The fourth-order valence-corrected chi connectivity index (χ4v) is 5.88. The zero-order valence-electron chi connectivity index (χ0n) is 17.3. The topological polar surface area (TPSA) is 82.2 Å². The summed E-state index contributed by atoms with van der Waals surface area (Å²) in [5.74, 6) is 0. The first kappa shape index (κ1) is 21.0. The van der Waals surface area contributed by atoms with E-state index in [4.69, 9.17) is 4.74 Å². The number of piperazine rings is 1. The van der Waals surface area contributed by atoms with Crippen molar-refractivity contribution in [1.82, 2.24) is 13.5 Å². The van der Waals surface area contributed by atoms with Gasteiger partial charge in [0.15, 0.2) is 0 Å². The molecule has 0 unspecified atom stereocenters. The molecule has 9 heteroatoms. The monoisotopic (exact) mass is 432 g/mol. The molecule has 2 aliphatic rings. The molecule has 30 heavy (non-hydrogen) atoms. The summed E-state index contributed by atoms with van der Waals surface area (Å²) in [6.45, 7) is 5.75. The van der Waals surface area contributed by atoms with Gasteiger partial charge in [-0.2, -0.15) is 17.0 Å². The Hall–Kier alpha value is -2.20. The Bertz CT molecular complexity index is 1010. The highest BCUT2D eigenvalue weighted by Gasteiger charge is 2.37. The first-order valence-electron chi connectivity index (χ1n) is 10.3. The van der Waals surface area contributed by atoms with E-state index in [1.165, 1.54) is 8.61 Å². The molecule has 2 aromatic carbocycles. The molecule has 0 aliphatic carbocycles. The van der Waals surface area contributed by atoms with Gasteiger partial charge < -0.3 is 15.0 Å². The lowest BCUT2D eigenvalue weighted by Crippen LogP contribution is -2.58. The highest BCUT2D eigenvalue weighted by atomic mass is 32.2. The van der Waals surface area contributed by atoms with Gasteiger partial charge in [-0.15, -0.1) is 0 Å². The summed E-state index contributed by atoms with van der Waals surface area (Å²) in [5, 5.41) is 5.01. The lowest BCUT2D eigenvalue weighted by atomic mass is 10.1. The van der Waals surface area contributed by atoms with Crippen molar-refractivity contribution >= 4 is 32.7 Å². The minimum absolute atomic E-state index is 0.128. The molecule has 2 atom stereocenters. The number of fused-ring (bicyclic) bond motifs is 1. The molecule has 4 rings (SSSR count). The molecule has 0 spiro atoms. The predicted molar refractivity (Wildman–Crippen MR) is 117 cm³/mol. The molecule has 162 valence electrons. The number of amides is 2. The van der Waals surface area contributed by atoms with Crippen molar-refractivity contribution in [3.05, 3.63) is 42.5 Å². The average Bonchev–Trinajstić information content (AvgIpc) is 2.73. The molecule has 2 saturated heterocycles. The number of nitrogens with zero attached hydrogens (tertiary/aromatic N) is 3. The third kappa shape index (κ3) is 4.29. The number of anilines is 1. The van der Waals surface area contributed by atoms with Crippen LogP contribution in [0.4, 0.5) is 10.5 Å². The SMILES string of the molecule is C[C@@H]1CN(S(=O)(=O)N2CCN(C(=O)Nc3cccc4ccccc34)CC2)C[C@H](C)O1. The van der Waals surface area contributed by atoms with E-state index in [1.54, 1.807) is 4.90 Å². The van der Waals surface area contributed by atoms with E-state index >= 15 is 0 Å². The molecule has 0 saturated carbocycles. The fourth-order valence-electron chi connectivity index (χ4n) is 4.13. The Morgan fingerprint density at radius 1 is 0.933 bits per heavy atom. The van der Waals surface area contributed by atoms with Gasteiger partial charge in [-0.3, -0.25) is 0 Å². The van der Waals surface area contributed by atoms with Gasteiger partial charge in [-0.05, 0) is 25.3 Å². The third-order valence-corrected chi connectivity index (χ3v) is 7.56. The summed E-state index contributed by atoms with van der Waals surface area (Å²) < 4.78 is 34.7. The number of rotatable bonds is 3. The van der Waals surface area contributed by atoms with Gasteiger partial charge in [-0.25, -0.2) is 4.79 Å². The summed E-state index contributed by atoms with van der Waals surface area (Å²) in [7, 11) is -3.56. The second kappa shape index (κ2) is 8.50. The normalized spacial score (nSPS) is 24.1. The van der Waals surface area contributed by atoms with Gasteiger partial charge in [0.1, 0.15) is 0 Å². The van der Waals surface area contributed by atoms with Crippen LogP contribution < -0.4 is 5.32 Å². The number of urea groups is 1. The molecule has 2 aromatic rings. The summed E-state index contributed by atoms with van der Waals surface area (Å²) in [4.78, 5) is 14.4. The minimum atomic E-state index is -3.56. The Kier molecular flexibility index (Phi) is 5.97. The van der Waals surface area contributed by atoms with Crippen LogP contribution in [-0.2, 0) is 14.9 Å². The third-order valence-electron chi connectivity index (χ3n) is 5.60. The Labute approximate surface area is 177 Å². The zero-order valence-corrected chi connectivity index (χ0v) is 18.1. The quantitative estimate of drug-likeness (QED) is 0.807. The van der Waals surface area contributed by atoms with E-state index in [0.29, 0.717) is 26.2 Å². The molecule has 2 amide bonds. The summed E-state index contributed by atoms with van der Waals surface area (Å²) in [5.41, 5.74) is 0.754. The number of benzene rings is 2. The van der Waals surface area contributed by atoms with Crippen molar-refractivity contribution in [3.8, 4) is 0 Å². The van der Waals surface area contributed by atoms with Crippen molar-refractivity contribution in [2.75, 3.05) is 44.6 Å². The molecular weight excluding hydrogens is 404 g/mol. The number of nitrogens with one attached hydrogen (secondary N) is 1. The van der Waals surface area contributed by atoms with Gasteiger partial charge in [0.25, 0.3) is 10.2 Å². The van der Waals surface area contributed by atoms with E-state index in [-0.39, 0.29) is 31.3 Å². The van der Waals surface area contributed by atoms with Crippen LogP contribution in [0.25, 0.3) is 10.8 Å². The smallest absolute Gasteiger partial charge is 0.321 e. The predicted octanol–water partition coefficient (Wildman–Crippen LogP) is 2.34. The zero-order chi connectivity index (χ0) is 21.3. The second-order valence-electron chi connectivity index (χ2n) is 7.93. The van der Waals surface area contributed by atoms with Gasteiger partial charge in [0.05, 0.1) is 17.9 Å². The second-order valence-corrected chi connectivity index (χ2v) is 9.85. The van der Waals surface area contributed by atoms with Crippen LogP contribution in [-0.4, -0.2) is 79.4 Å². The minimum Gasteiger partial charge on any atom is -0.373 e. The standard InChI is InChI=1S/C21H28N4O4S/c1-16-14-25(15-17(2)29-16)30(27,28)24-12-10-23(11-13-24)21(26)22-20-9-5-7-18-6-3-4-8-19(18)20/h3-9,16-17H,10-15H2,1-2H3,(H,22,26)/t16-,17+. The molecule has 2 heterocycles. The van der Waals surface area contributed by atoms with Crippen molar-refractivity contribution in [1.29, 1.82) is 0 Å². The lowest BCUT2D eigenvalue weighted by Gasteiger charge is -2.40. The van der Waals surface area contributed by atoms with Gasteiger partial charge in [-0.1, -0.05) is 36.4 Å². The van der Waals surface area contributed by atoms with Crippen molar-refractivity contribution in [2.45, 2.75) is 26.1 Å². The number of ether oxygens (including phenoxy) is 1. The summed E-state index contributed by atoms with van der Waals surface area (Å²) in [6.07, 6.45) is -0.257. The molecule has 8 nitrogen and oxygen atoms in total. The van der Waals surface area contributed by atoms with Crippen LogP contribution >= 0.6 is 0 Å². The lowest BCUT2D eigenvalue weighted by molar-refractivity contribution is -0.0456. The number of morpholine rings is 1. The largest absolute Gasteiger partial charge is 0.373 e. The maximum Gasteiger partial charge on any atom is 0.321 e. The molecule has 0 radical (unpaired) electrons. The van der Waals surface area contributed by atoms with Crippen molar-refractivity contribution < 1.29 is 17.9 Å². The Morgan fingerprint density at radius 3 is 2.27 bits per heavy atom. The molecule has 2 aliphatic heterocycles. The first-order valence-corrected chi connectivity index (χ1v) is 11.7. The van der Waals surface area contributed by atoms with Gasteiger partial charge in [0.2, 0.25) is 0 Å². The van der Waals surface area contributed by atoms with Crippen LogP contribution in [0.3, 0.4) is 0 Å². The van der Waals surface area contributed by atoms with E-state index in [1.807, 2.05) is 56.3 Å². The highest BCUT2D eigenvalue weighted by Crippen LogP contribution is 2.24. The Balaban J connectivity index is 1.38. The maximum atomic E-state index is 13.0. The maximum absolute atomic E-state index is 13.0. The molecule has 2 fully saturated rings. The van der Waals surface area contributed by atoms with Crippen LogP contribution in [0.5, 0.6) is 0 Å². The number of hydrogen-bond acceptors (Lipinski definition) is 4. The molecule has 1 N–H and O–H groups in total. The van der Waals surface area contributed by atoms with Gasteiger partial charge in [0, 0.05) is 44.7 Å². The molecular formula is C21H28N4O4S. The van der Waals surface area contributed by atoms with Crippen LogP contribution in [0.2, 0.25) is 0 Å². The number of carbonyl (C=O) groups is 1. The average molecular weight is 433 g/mol. The highest BCUT2D eigenvalue weighted by molar-refractivity contribution is 7.86. The first-order chi connectivity index (χ1) is 14.3. The number of carbonyl (C=O) groups excluding carboxylic acids is 1. The summed E-state index contributed by atoms with van der Waals surface area (Å²) in [6, 6.07) is 13.5. The van der Waals surface area contributed by atoms with Crippen LogP contribution in [0, 0.1) is 0 Å². The molecule has 0 bridgehead atoms. The van der Waals surface area contributed by atoms with Crippen LogP contribution in [0.1, 0.15) is 13.8 Å². The summed E-state index contributed by atoms with van der Waals surface area (Å²) >= 11 is 0. The van der Waals surface area contributed by atoms with E-state index in [9.17, 15) is 13.2 Å². The van der Waals surface area contributed by atoms with Crippen molar-refractivity contribution in [3.63, 3.8) is 0 Å². The van der Waals surface area contributed by atoms with Crippen molar-refractivity contribution in [2.24, 2.45) is 0 Å².